The summed E-state index contributed by atoms with van der Waals surface area (Å²) in [5.74, 6) is 0. The largest absolute Gasteiger partial charge is 0.355 e. The Kier molecular flexibility index (Phi) is 4.26. The number of hydrogen-bond acceptors (Lipinski definition) is 3. The van der Waals surface area contributed by atoms with Crippen LogP contribution in [0.3, 0.4) is 0 Å². The number of aromatic nitrogens is 2. The summed E-state index contributed by atoms with van der Waals surface area (Å²) in [7, 11) is 0. The van der Waals surface area contributed by atoms with Crippen LogP contribution in [-0.2, 0) is 0 Å². The second-order valence-electron chi connectivity index (χ2n) is 7.73. The van der Waals surface area contributed by atoms with E-state index in [1.165, 1.54) is 56.3 Å². The first-order chi connectivity index (χ1) is 12.8. The van der Waals surface area contributed by atoms with Crippen molar-refractivity contribution in [1.29, 1.82) is 0 Å². The number of allylic oxidation sites excluding steroid dienone is 2. The van der Waals surface area contributed by atoms with E-state index in [1.807, 2.05) is 18.5 Å². The van der Waals surface area contributed by atoms with E-state index in [2.05, 4.69) is 38.0 Å². The first kappa shape index (κ1) is 16.4. The molecule has 0 bridgehead atoms. The smallest absolute Gasteiger partial charge is 0.137 e. The van der Waals surface area contributed by atoms with Crippen LogP contribution in [0.15, 0.2) is 41.8 Å². The Labute approximate surface area is 159 Å². The Morgan fingerprint density at radius 3 is 2.69 bits per heavy atom. The minimum atomic E-state index is 0.567. The Morgan fingerprint density at radius 1 is 1.12 bits per heavy atom. The van der Waals surface area contributed by atoms with Gasteiger partial charge in [-0.05, 0) is 49.5 Å². The molecule has 1 aliphatic carbocycles. The van der Waals surface area contributed by atoms with Crippen molar-refractivity contribution < 1.29 is 0 Å². The summed E-state index contributed by atoms with van der Waals surface area (Å²) in [4.78, 5) is 12.7. The van der Waals surface area contributed by atoms with Crippen LogP contribution < -0.4 is 0 Å². The maximum atomic E-state index is 6.72. The molecule has 0 atom stereocenters. The summed E-state index contributed by atoms with van der Waals surface area (Å²) < 4.78 is 0. The van der Waals surface area contributed by atoms with E-state index in [1.54, 1.807) is 0 Å². The van der Waals surface area contributed by atoms with Crippen molar-refractivity contribution in [3.63, 3.8) is 0 Å². The number of piperidine rings is 1. The molecule has 1 saturated heterocycles. The van der Waals surface area contributed by atoms with E-state index in [4.69, 9.17) is 11.6 Å². The highest BCUT2D eigenvalue weighted by Crippen LogP contribution is 2.34. The van der Waals surface area contributed by atoms with Crippen LogP contribution >= 0.6 is 11.6 Å². The molecule has 1 saturated carbocycles. The van der Waals surface area contributed by atoms with E-state index in [-0.39, 0.29) is 0 Å². The molecule has 0 spiro atoms. The molecule has 136 valence electrons. The fraction of sp³-hybridized carbons (Fsp3) is 0.476. The van der Waals surface area contributed by atoms with Gasteiger partial charge in [-0.15, -0.1) is 0 Å². The van der Waals surface area contributed by atoms with Crippen molar-refractivity contribution in [2.45, 2.75) is 44.2 Å². The molecule has 4 heterocycles. The van der Waals surface area contributed by atoms with Crippen molar-refractivity contribution in [2.24, 2.45) is 0 Å². The topological polar surface area (TPSA) is 35.2 Å². The average molecular weight is 369 g/mol. The number of aromatic amines is 1. The number of likely N-dealkylation sites (tertiary alicyclic amines) is 1. The zero-order valence-electron chi connectivity index (χ0n) is 15.0. The second-order valence-corrected chi connectivity index (χ2v) is 8.12. The molecular formula is C21H25ClN4. The molecule has 0 amide bonds. The lowest BCUT2D eigenvalue weighted by atomic mass is 9.89. The Hall–Kier alpha value is -1.78. The molecule has 2 aromatic rings. The summed E-state index contributed by atoms with van der Waals surface area (Å²) in [5.41, 5.74) is 3.31. The Bertz CT molecular complexity index is 856. The Balaban J connectivity index is 1.29. The standard InChI is InChI=1S/C21H25ClN4/c22-20-13-15(19-14-24-21-18(19)5-2-9-23-21)6-12-26(20)17-7-10-25(11-8-17)16-3-1-4-16/h2,5-6,9,13-14,16-17H,1,3-4,7-8,10-12H2,(H,23,24). The summed E-state index contributed by atoms with van der Waals surface area (Å²) in [6, 6.07) is 5.53. The SMILES string of the molecule is ClC1=CC(c2c[nH]c3ncccc23)=CCN1C1CCN(C2CCC2)CC1. The lowest BCUT2D eigenvalue weighted by Gasteiger charge is -2.45. The second kappa shape index (κ2) is 6.75. The number of rotatable bonds is 3. The van der Waals surface area contributed by atoms with Crippen molar-refractivity contribution in [3.05, 3.63) is 47.4 Å². The van der Waals surface area contributed by atoms with Gasteiger partial charge in [-0.3, -0.25) is 0 Å². The van der Waals surface area contributed by atoms with Crippen LogP contribution in [0.4, 0.5) is 0 Å². The molecule has 2 fully saturated rings. The van der Waals surface area contributed by atoms with Crippen molar-refractivity contribution in [2.75, 3.05) is 19.6 Å². The number of pyridine rings is 1. The molecule has 26 heavy (non-hydrogen) atoms. The summed E-state index contributed by atoms with van der Waals surface area (Å²) in [6.45, 7) is 3.34. The van der Waals surface area contributed by atoms with Gasteiger partial charge >= 0.3 is 0 Å². The van der Waals surface area contributed by atoms with Crippen LogP contribution in [0.2, 0.25) is 0 Å². The number of hydrogen-bond donors (Lipinski definition) is 1. The van der Waals surface area contributed by atoms with E-state index in [0.717, 1.165) is 28.8 Å². The normalized spacial score (nSPS) is 23.0. The van der Waals surface area contributed by atoms with Crippen molar-refractivity contribution in [1.82, 2.24) is 19.8 Å². The highest BCUT2D eigenvalue weighted by atomic mass is 35.5. The van der Waals surface area contributed by atoms with Gasteiger partial charge < -0.3 is 14.8 Å². The van der Waals surface area contributed by atoms with E-state index in [9.17, 15) is 0 Å². The molecule has 1 N–H and O–H groups in total. The van der Waals surface area contributed by atoms with Gasteiger partial charge in [-0.2, -0.15) is 0 Å². The van der Waals surface area contributed by atoms with E-state index >= 15 is 0 Å². The van der Waals surface area contributed by atoms with Gasteiger partial charge in [0, 0.05) is 55.1 Å². The average Bonchev–Trinajstić information content (AvgIpc) is 3.05. The maximum absolute atomic E-state index is 6.72. The summed E-state index contributed by atoms with van der Waals surface area (Å²) >= 11 is 6.72. The number of fused-ring (bicyclic) bond motifs is 1. The molecule has 4 nitrogen and oxygen atoms in total. The fourth-order valence-electron chi connectivity index (χ4n) is 4.57. The van der Waals surface area contributed by atoms with Crippen LogP contribution in [0.5, 0.6) is 0 Å². The van der Waals surface area contributed by atoms with Gasteiger partial charge in [-0.1, -0.05) is 24.1 Å². The third-order valence-electron chi connectivity index (χ3n) is 6.35. The first-order valence-electron chi connectivity index (χ1n) is 9.80. The number of halogens is 1. The van der Waals surface area contributed by atoms with Crippen LogP contribution in [0.25, 0.3) is 16.6 Å². The van der Waals surface area contributed by atoms with Crippen molar-refractivity contribution >= 4 is 28.2 Å². The summed E-state index contributed by atoms with van der Waals surface area (Å²) in [5, 5.41) is 2.03. The fourth-order valence-corrected chi connectivity index (χ4v) is 4.90. The van der Waals surface area contributed by atoms with Gasteiger partial charge in [0.1, 0.15) is 10.8 Å². The molecule has 2 aromatic heterocycles. The molecular weight excluding hydrogens is 344 g/mol. The predicted molar refractivity (Wildman–Crippen MR) is 107 cm³/mol. The van der Waals surface area contributed by atoms with Gasteiger partial charge in [0.05, 0.1) is 0 Å². The maximum Gasteiger partial charge on any atom is 0.137 e. The minimum absolute atomic E-state index is 0.567. The Morgan fingerprint density at radius 2 is 1.96 bits per heavy atom. The lowest BCUT2D eigenvalue weighted by molar-refractivity contribution is 0.0716. The molecule has 3 aliphatic rings. The minimum Gasteiger partial charge on any atom is -0.355 e. The van der Waals surface area contributed by atoms with E-state index in [0.29, 0.717) is 6.04 Å². The lowest BCUT2D eigenvalue weighted by Crippen LogP contribution is -2.49. The quantitative estimate of drug-likeness (QED) is 0.817. The number of nitrogens with one attached hydrogen (secondary N) is 1. The van der Waals surface area contributed by atoms with Gasteiger partial charge in [0.2, 0.25) is 0 Å². The third kappa shape index (κ3) is 2.85. The first-order valence-corrected chi connectivity index (χ1v) is 10.2. The van der Waals surface area contributed by atoms with E-state index < -0.39 is 0 Å². The van der Waals surface area contributed by atoms with Gasteiger partial charge in [0.25, 0.3) is 0 Å². The predicted octanol–water partition coefficient (Wildman–Crippen LogP) is 4.36. The number of nitrogens with zero attached hydrogens (tertiary/aromatic N) is 3. The molecule has 5 rings (SSSR count). The summed E-state index contributed by atoms with van der Waals surface area (Å²) in [6.07, 6.45) is 15.0. The third-order valence-corrected chi connectivity index (χ3v) is 6.68. The molecule has 0 unspecified atom stereocenters. The zero-order chi connectivity index (χ0) is 17.5. The zero-order valence-corrected chi connectivity index (χ0v) is 15.8. The monoisotopic (exact) mass is 368 g/mol. The van der Waals surface area contributed by atoms with Crippen LogP contribution in [0, 0.1) is 0 Å². The highest BCUT2D eigenvalue weighted by molar-refractivity contribution is 6.30. The molecule has 0 radical (unpaired) electrons. The van der Waals surface area contributed by atoms with Crippen molar-refractivity contribution in [3.8, 4) is 0 Å². The van der Waals surface area contributed by atoms with Gasteiger partial charge in [0.15, 0.2) is 0 Å². The molecule has 0 aromatic carbocycles. The number of H-pyrrole nitrogens is 1. The van der Waals surface area contributed by atoms with Crippen LogP contribution in [-0.4, -0.2) is 51.5 Å². The molecule has 2 aliphatic heterocycles. The highest BCUT2D eigenvalue weighted by Gasteiger charge is 2.31. The molecule has 5 heteroatoms. The van der Waals surface area contributed by atoms with Gasteiger partial charge in [-0.25, -0.2) is 4.98 Å². The van der Waals surface area contributed by atoms with Crippen LogP contribution in [0.1, 0.15) is 37.7 Å².